The molecular weight excluding hydrogens is 340 g/mol. The molecule has 3 aliphatic rings. The number of aromatic nitrogens is 1. The van der Waals surface area contributed by atoms with Gasteiger partial charge in [-0.1, -0.05) is 6.42 Å². The third-order valence-corrected chi connectivity index (χ3v) is 5.86. The Balaban J connectivity index is 1.71. The Labute approximate surface area is 159 Å². The zero-order valence-corrected chi connectivity index (χ0v) is 15.8. The lowest BCUT2D eigenvalue weighted by Gasteiger charge is -2.34. The second-order valence-corrected chi connectivity index (χ2v) is 7.71. The molecule has 2 aliphatic carbocycles. The first-order valence-corrected chi connectivity index (χ1v) is 10.00. The SMILES string of the molecule is CC1=C(C(=O)OC2CCCCC2)[C@H](c2ccncc2)C2=C(CCCC2=O)N1. The van der Waals surface area contributed by atoms with Crippen LogP contribution in [0.3, 0.4) is 0 Å². The van der Waals surface area contributed by atoms with E-state index in [2.05, 4.69) is 10.3 Å². The standard InChI is InChI=1S/C22H26N2O3/c1-14-19(22(26)27-16-6-3-2-4-7-16)20(15-10-12-23-13-11-15)21-17(24-14)8-5-9-18(21)25/h10-13,16,20,24H,2-9H2,1H3/t20-/m0/s1. The number of allylic oxidation sites excluding steroid dienone is 3. The Kier molecular flexibility index (Phi) is 5.10. The molecule has 1 atom stereocenters. The summed E-state index contributed by atoms with van der Waals surface area (Å²) in [5.74, 6) is -0.534. The average molecular weight is 366 g/mol. The van der Waals surface area contributed by atoms with Crippen molar-refractivity contribution in [1.82, 2.24) is 10.3 Å². The molecule has 0 aromatic carbocycles. The van der Waals surface area contributed by atoms with Crippen LogP contribution in [0.5, 0.6) is 0 Å². The third-order valence-electron chi connectivity index (χ3n) is 5.86. The summed E-state index contributed by atoms with van der Waals surface area (Å²) in [5, 5.41) is 3.34. The van der Waals surface area contributed by atoms with Crippen molar-refractivity contribution in [3.05, 3.63) is 52.6 Å². The van der Waals surface area contributed by atoms with Gasteiger partial charge in [-0.2, -0.15) is 0 Å². The van der Waals surface area contributed by atoms with Crippen LogP contribution in [-0.4, -0.2) is 22.8 Å². The number of pyridine rings is 1. The van der Waals surface area contributed by atoms with Crippen LogP contribution in [0, 0.1) is 0 Å². The Bertz CT molecular complexity index is 804. The van der Waals surface area contributed by atoms with Crippen molar-refractivity contribution in [2.45, 2.75) is 70.3 Å². The van der Waals surface area contributed by atoms with Gasteiger partial charge in [-0.3, -0.25) is 9.78 Å². The highest BCUT2D eigenvalue weighted by atomic mass is 16.5. The highest BCUT2D eigenvalue weighted by Gasteiger charge is 2.39. The van der Waals surface area contributed by atoms with Crippen LogP contribution >= 0.6 is 0 Å². The quantitative estimate of drug-likeness (QED) is 0.821. The van der Waals surface area contributed by atoms with Gasteiger partial charge in [0.1, 0.15) is 6.10 Å². The van der Waals surface area contributed by atoms with Gasteiger partial charge in [0, 0.05) is 41.7 Å². The molecule has 1 saturated carbocycles. The van der Waals surface area contributed by atoms with Crippen molar-refractivity contribution in [2.75, 3.05) is 0 Å². The predicted octanol–water partition coefficient (Wildman–Crippen LogP) is 3.93. The Morgan fingerprint density at radius 3 is 2.59 bits per heavy atom. The smallest absolute Gasteiger partial charge is 0.337 e. The predicted molar refractivity (Wildman–Crippen MR) is 102 cm³/mol. The largest absolute Gasteiger partial charge is 0.459 e. The van der Waals surface area contributed by atoms with Crippen molar-refractivity contribution < 1.29 is 14.3 Å². The second-order valence-electron chi connectivity index (χ2n) is 7.71. The maximum Gasteiger partial charge on any atom is 0.337 e. The summed E-state index contributed by atoms with van der Waals surface area (Å²) in [6.45, 7) is 1.91. The first-order valence-electron chi connectivity index (χ1n) is 10.00. The van der Waals surface area contributed by atoms with Crippen LogP contribution < -0.4 is 5.32 Å². The Hall–Kier alpha value is -2.43. The number of hydrogen-bond acceptors (Lipinski definition) is 5. The number of dihydropyridines is 1. The number of carbonyl (C=O) groups excluding carboxylic acids is 2. The van der Waals surface area contributed by atoms with E-state index in [1.165, 1.54) is 6.42 Å². The molecule has 5 nitrogen and oxygen atoms in total. The molecule has 2 heterocycles. The molecule has 1 aliphatic heterocycles. The highest BCUT2D eigenvalue weighted by Crippen LogP contribution is 2.42. The summed E-state index contributed by atoms with van der Waals surface area (Å²) in [5.41, 5.74) is 3.98. The molecule has 0 saturated heterocycles. The van der Waals surface area contributed by atoms with E-state index in [0.29, 0.717) is 12.0 Å². The van der Waals surface area contributed by atoms with E-state index in [1.54, 1.807) is 12.4 Å². The number of ketones is 1. The van der Waals surface area contributed by atoms with Crippen molar-refractivity contribution in [1.29, 1.82) is 0 Å². The summed E-state index contributed by atoms with van der Waals surface area (Å²) in [4.78, 5) is 30.1. The lowest BCUT2D eigenvalue weighted by atomic mass is 9.75. The molecule has 0 spiro atoms. The zero-order valence-electron chi connectivity index (χ0n) is 15.8. The first-order chi connectivity index (χ1) is 13.1. The van der Waals surface area contributed by atoms with Gasteiger partial charge >= 0.3 is 5.97 Å². The number of nitrogens with one attached hydrogen (secondary N) is 1. The molecule has 1 fully saturated rings. The number of ether oxygens (including phenoxy) is 1. The molecule has 1 N–H and O–H groups in total. The van der Waals surface area contributed by atoms with Crippen molar-refractivity contribution in [3.8, 4) is 0 Å². The first kappa shape index (κ1) is 18.0. The molecule has 1 aromatic rings. The maximum absolute atomic E-state index is 13.2. The third kappa shape index (κ3) is 3.55. The number of rotatable bonds is 3. The van der Waals surface area contributed by atoms with Crippen LogP contribution in [0.25, 0.3) is 0 Å². The highest BCUT2D eigenvalue weighted by molar-refractivity contribution is 6.03. The fraction of sp³-hybridized carbons (Fsp3) is 0.500. The topological polar surface area (TPSA) is 68.3 Å². The number of Topliss-reactive ketones (excluding diaryl/α,β-unsaturated/α-hetero) is 1. The molecule has 4 rings (SSSR count). The van der Waals surface area contributed by atoms with Crippen molar-refractivity contribution in [2.24, 2.45) is 0 Å². The Morgan fingerprint density at radius 1 is 1.11 bits per heavy atom. The van der Waals surface area contributed by atoms with E-state index in [1.807, 2.05) is 19.1 Å². The molecule has 5 heteroatoms. The molecule has 27 heavy (non-hydrogen) atoms. The maximum atomic E-state index is 13.2. The van der Waals surface area contributed by atoms with Crippen LogP contribution in [0.4, 0.5) is 0 Å². The van der Waals surface area contributed by atoms with E-state index >= 15 is 0 Å². The number of nitrogens with zero attached hydrogens (tertiary/aromatic N) is 1. The summed E-state index contributed by atoms with van der Waals surface area (Å²) < 4.78 is 5.88. The zero-order chi connectivity index (χ0) is 18.8. The fourth-order valence-corrected chi connectivity index (χ4v) is 4.54. The summed E-state index contributed by atoms with van der Waals surface area (Å²) in [7, 11) is 0. The second kappa shape index (κ2) is 7.67. The molecule has 0 radical (unpaired) electrons. The van der Waals surface area contributed by atoms with E-state index < -0.39 is 0 Å². The van der Waals surface area contributed by atoms with Gasteiger partial charge in [0.25, 0.3) is 0 Å². The van der Waals surface area contributed by atoms with Crippen LogP contribution in [-0.2, 0) is 14.3 Å². The molecule has 0 unspecified atom stereocenters. The average Bonchev–Trinajstić information content (AvgIpc) is 2.68. The van der Waals surface area contributed by atoms with Gasteiger partial charge in [-0.25, -0.2) is 4.79 Å². The van der Waals surface area contributed by atoms with Gasteiger partial charge in [0.05, 0.1) is 5.57 Å². The number of esters is 1. The van der Waals surface area contributed by atoms with Crippen molar-refractivity contribution in [3.63, 3.8) is 0 Å². The van der Waals surface area contributed by atoms with Gasteiger partial charge in [0.2, 0.25) is 0 Å². The van der Waals surface area contributed by atoms with Crippen molar-refractivity contribution >= 4 is 11.8 Å². The van der Waals surface area contributed by atoms with E-state index in [9.17, 15) is 9.59 Å². The Morgan fingerprint density at radius 2 is 1.85 bits per heavy atom. The van der Waals surface area contributed by atoms with Gasteiger partial charge in [-0.05, 0) is 63.1 Å². The minimum Gasteiger partial charge on any atom is -0.459 e. The summed E-state index contributed by atoms with van der Waals surface area (Å²) in [6, 6.07) is 3.79. The van der Waals surface area contributed by atoms with Crippen LogP contribution in [0.2, 0.25) is 0 Å². The minimum absolute atomic E-state index is 0.0120. The monoisotopic (exact) mass is 366 g/mol. The fourth-order valence-electron chi connectivity index (χ4n) is 4.54. The summed E-state index contributed by atoms with van der Waals surface area (Å²) >= 11 is 0. The number of carbonyl (C=O) groups is 2. The lowest BCUT2D eigenvalue weighted by Crippen LogP contribution is -2.35. The molecular formula is C22H26N2O3. The molecule has 0 bridgehead atoms. The van der Waals surface area contributed by atoms with Gasteiger partial charge in [0.15, 0.2) is 5.78 Å². The molecule has 142 valence electrons. The van der Waals surface area contributed by atoms with Gasteiger partial charge < -0.3 is 10.1 Å². The van der Waals surface area contributed by atoms with Gasteiger partial charge in [-0.15, -0.1) is 0 Å². The molecule has 0 amide bonds. The summed E-state index contributed by atoms with van der Waals surface area (Å²) in [6.07, 6.45) is 10.9. The lowest BCUT2D eigenvalue weighted by molar-refractivity contribution is -0.146. The van der Waals surface area contributed by atoms with E-state index in [-0.39, 0.29) is 23.8 Å². The number of hydrogen-bond donors (Lipinski definition) is 1. The normalized spacial score (nSPS) is 23.7. The van der Waals surface area contributed by atoms with E-state index in [0.717, 1.165) is 61.1 Å². The minimum atomic E-state index is -0.367. The molecule has 1 aromatic heterocycles. The van der Waals surface area contributed by atoms with Crippen LogP contribution in [0.15, 0.2) is 47.1 Å². The van der Waals surface area contributed by atoms with E-state index in [4.69, 9.17) is 4.74 Å². The van der Waals surface area contributed by atoms with Crippen LogP contribution in [0.1, 0.15) is 69.8 Å².